The van der Waals surface area contributed by atoms with Crippen molar-refractivity contribution in [1.82, 2.24) is 29.9 Å². The fourth-order valence-corrected chi connectivity index (χ4v) is 6.30. The molecular formula is C28H30ClN7O. The first kappa shape index (κ1) is 23.7. The van der Waals surface area contributed by atoms with E-state index >= 15 is 0 Å². The van der Waals surface area contributed by atoms with Gasteiger partial charge >= 0.3 is 0 Å². The molecule has 2 atom stereocenters. The number of piperidine rings is 1. The highest BCUT2D eigenvalue weighted by Gasteiger charge is 2.39. The molecule has 3 aliphatic rings. The van der Waals surface area contributed by atoms with Crippen molar-refractivity contribution >= 4 is 34.6 Å². The Morgan fingerprint density at radius 1 is 1.24 bits per heavy atom. The fourth-order valence-electron chi connectivity index (χ4n) is 6.00. The third kappa shape index (κ3) is 3.82. The number of hydrogen-bond acceptors (Lipinski definition) is 5. The van der Waals surface area contributed by atoms with E-state index in [4.69, 9.17) is 16.7 Å². The molecule has 1 fully saturated rings. The molecule has 1 aromatic carbocycles. The maximum absolute atomic E-state index is 12.1. The number of carbonyl (C=O) groups is 1. The van der Waals surface area contributed by atoms with Crippen molar-refractivity contribution in [2.45, 2.75) is 38.6 Å². The average molecular weight is 516 g/mol. The zero-order valence-corrected chi connectivity index (χ0v) is 22.0. The van der Waals surface area contributed by atoms with Crippen LogP contribution in [0.1, 0.15) is 43.0 Å². The van der Waals surface area contributed by atoms with Crippen molar-refractivity contribution in [2.75, 3.05) is 13.1 Å². The third-order valence-electron chi connectivity index (χ3n) is 7.99. The minimum atomic E-state index is -0.0869. The molecule has 0 bridgehead atoms. The number of nitrogens with one attached hydrogen (secondary N) is 1. The lowest BCUT2D eigenvalue weighted by atomic mass is 9.78. The second kappa shape index (κ2) is 9.03. The molecule has 1 N–H and O–H groups in total. The van der Waals surface area contributed by atoms with Gasteiger partial charge in [0.2, 0.25) is 5.91 Å². The van der Waals surface area contributed by atoms with Crippen LogP contribution in [-0.2, 0) is 11.8 Å². The van der Waals surface area contributed by atoms with Crippen molar-refractivity contribution in [3.63, 3.8) is 0 Å². The first-order valence-corrected chi connectivity index (χ1v) is 13.0. The summed E-state index contributed by atoms with van der Waals surface area (Å²) < 4.78 is 4.05. The number of nitrogens with zero attached hydrogens (tertiary/aromatic N) is 6. The summed E-state index contributed by atoms with van der Waals surface area (Å²) in [7, 11) is 1.95. The van der Waals surface area contributed by atoms with Gasteiger partial charge in [-0.2, -0.15) is 15.3 Å². The molecule has 37 heavy (non-hydrogen) atoms. The van der Waals surface area contributed by atoms with Crippen molar-refractivity contribution in [3.8, 4) is 11.3 Å². The van der Waals surface area contributed by atoms with Crippen LogP contribution in [0.4, 0.5) is 0 Å². The topological polar surface area (TPSA) is 80.3 Å². The summed E-state index contributed by atoms with van der Waals surface area (Å²) in [6.07, 6.45) is 9.01. The normalized spacial score (nSPS) is 21.8. The smallest absolute Gasteiger partial charge is 0.245 e. The van der Waals surface area contributed by atoms with Gasteiger partial charge in [0.25, 0.3) is 0 Å². The van der Waals surface area contributed by atoms with Gasteiger partial charge in [-0.05, 0) is 56.5 Å². The van der Waals surface area contributed by atoms with Crippen molar-refractivity contribution in [2.24, 2.45) is 18.1 Å². The minimum absolute atomic E-state index is 0.0104. The second-order valence-electron chi connectivity index (χ2n) is 10.1. The van der Waals surface area contributed by atoms with E-state index in [1.165, 1.54) is 6.08 Å². The molecule has 6 rings (SSSR count). The quantitative estimate of drug-likeness (QED) is 0.506. The predicted octanol–water partition coefficient (Wildman–Crippen LogP) is 4.79. The molecule has 1 unspecified atom stereocenters. The molecule has 0 spiro atoms. The van der Waals surface area contributed by atoms with E-state index in [-0.39, 0.29) is 23.8 Å². The van der Waals surface area contributed by atoms with Gasteiger partial charge in [-0.1, -0.05) is 24.2 Å². The highest BCUT2D eigenvalue weighted by atomic mass is 35.5. The van der Waals surface area contributed by atoms with Crippen LogP contribution < -0.4 is 5.43 Å². The van der Waals surface area contributed by atoms with Gasteiger partial charge in [0, 0.05) is 71.1 Å². The van der Waals surface area contributed by atoms with E-state index < -0.39 is 0 Å². The molecule has 8 nitrogen and oxygen atoms in total. The van der Waals surface area contributed by atoms with Gasteiger partial charge in [-0.3, -0.25) is 19.6 Å². The van der Waals surface area contributed by atoms with Gasteiger partial charge in [0.15, 0.2) is 0 Å². The molecular weight excluding hydrogens is 486 g/mol. The maximum Gasteiger partial charge on any atom is 0.245 e. The van der Waals surface area contributed by atoms with Crippen LogP contribution >= 0.6 is 11.6 Å². The van der Waals surface area contributed by atoms with Crippen LogP contribution in [0.5, 0.6) is 0 Å². The number of benzene rings is 1. The first-order chi connectivity index (χ1) is 17.9. The Balaban J connectivity index is 1.48. The molecule has 1 saturated heterocycles. The standard InChI is InChI=1S/C28H30ClN7O/c1-5-24(37)35-10-8-20(9-11-35)36-17(3)25(26-21-15-30-32-22(21)12-16(2)27(26)29)28(33-36)18-6-7-23-19(13-18)14-31-34(23)4/h5-7,12-15,20-21,26,32H,1,8-11H2,2-4H3/t21?,26-/m1/s1. The Hall–Kier alpha value is -3.65. The number of aromatic nitrogens is 4. The Morgan fingerprint density at radius 3 is 2.78 bits per heavy atom. The monoisotopic (exact) mass is 515 g/mol. The van der Waals surface area contributed by atoms with Crippen molar-refractivity contribution < 1.29 is 4.79 Å². The number of hydrogen-bond donors (Lipinski definition) is 1. The first-order valence-electron chi connectivity index (χ1n) is 12.7. The van der Waals surface area contributed by atoms with E-state index in [9.17, 15) is 4.79 Å². The van der Waals surface area contributed by atoms with E-state index in [2.05, 4.69) is 58.1 Å². The molecule has 9 heteroatoms. The highest BCUT2D eigenvalue weighted by molar-refractivity contribution is 6.31. The maximum atomic E-state index is 12.1. The van der Waals surface area contributed by atoms with E-state index in [0.717, 1.165) is 62.6 Å². The van der Waals surface area contributed by atoms with Crippen LogP contribution in [0, 0.1) is 12.8 Å². The number of rotatable bonds is 4. The number of aryl methyl sites for hydroxylation is 1. The van der Waals surface area contributed by atoms with Crippen LogP contribution in [0.15, 0.2) is 64.5 Å². The second-order valence-corrected chi connectivity index (χ2v) is 10.5. The third-order valence-corrected chi connectivity index (χ3v) is 8.53. The lowest BCUT2D eigenvalue weighted by molar-refractivity contribution is -0.127. The number of hydrazone groups is 1. The van der Waals surface area contributed by atoms with Crippen LogP contribution in [0.2, 0.25) is 0 Å². The fraction of sp³-hybridized carbons (Fsp3) is 0.357. The SMILES string of the molecule is C=CC(=O)N1CCC(n2nc(-c3ccc4c(cnn4C)c3)c([C@@H]3C(Cl)=C(C)C=C4NN=CC43)c2C)CC1. The number of allylic oxidation sites excluding steroid dienone is 4. The van der Waals surface area contributed by atoms with Crippen molar-refractivity contribution in [1.29, 1.82) is 0 Å². The Labute approximate surface area is 221 Å². The lowest BCUT2D eigenvalue weighted by Crippen LogP contribution is -2.38. The summed E-state index contributed by atoms with van der Waals surface area (Å²) >= 11 is 7.07. The zero-order valence-electron chi connectivity index (χ0n) is 21.3. The summed E-state index contributed by atoms with van der Waals surface area (Å²) in [6.45, 7) is 9.21. The summed E-state index contributed by atoms with van der Waals surface area (Å²) in [5.41, 5.74) is 10.5. The van der Waals surface area contributed by atoms with Gasteiger partial charge in [-0.25, -0.2) is 0 Å². The molecule has 2 aliphatic heterocycles. The average Bonchev–Trinajstić information content (AvgIpc) is 3.62. The highest BCUT2D eigenvalue weighted by Crippen LogP contribution is 2.48. The van der Waals surface area contributed by atoms with Gasteiger partial charge in [0.1, 0.15) is 0 Å². The van der Waals surface area contributed by atoms with Crippen LogP contribution in [0.3, 0.4) is 0 Å². The molecule has 3 aromatic rings. The van der Waals surface area contributed by atoms with Crippen LogP contribution in [-0.4, -0.2) is 49.7 Å². The Bertz CT molecular complexity index is 1520. The summed E-state index contributed by atoms with van der Waals surface area (Å²) in [6, 6.07) is 6.58. The van der Waals surface area contributed by atoms with Gasteiger partial charge < -0.3 is 4.90 Å². The zero-order chi connectivity index (χ0) is 25.8. The molecule has 4 heterocycles. The largest absolute Gasteiger partial charge is 0.339 e. The Kier molecular flexibility index (Phi) is 5.79. The number of fused-ring (bicyclic) bond motifs is 2. The number of halogens is 1. The molecule has 1 amide bonds. The number of carbonyl (C=O) groups excluding carboxylic acids is 1. The molecule has 1 aliphatic carbocycles. The van der Waals surface area contributed by atoms with Gasteiger partial charge in [0.05, 0.1) is 23.4 Å². The van der Waals surface area contributed by atoms with E-state index in [0.29, 0.717) is 13.1 Å². The molecule has 0 saturated carbocycles. The van der Waals surface area contributed by atoms with E-state index in [1.54, 1.807) is 0 Å². The molecule has 2 aromatic heterocycles. The van der Waals surface area contributed by atoms with Gasteiger partial charge in [-0.15, -0.1) is 0 Å². The van der Waals surface area contributed by atoms with E-state index in [1.807, 2.05) is 36.0 Å². The Morgan fingerprint density at radius 2 is 2.03 bits per heavy atom. The summed E-state index contributed by atoms with van der Waals surface area (Å²) in [5.74, 6) is -0.0691. The molecule has 0 radical (unpaired) electrons. The number of amides is 1. The summed E-state index contributed by atoms with van der Waals surface area (Å²) in [4.78, 5) is 14.0. The predicted molar refractivity (Wildman–Crippen MR) is 146 cm³/mol. The minimum Gasteiger partial charge on any atom is -0.339 e. The van der Waals surface area contributed by atoms with Crippen molar-refractivity contribution in [3.05, 3.63) is 70.7 Å². The molecule has 190 valence electrons. The summed E-state index contributed by atoms with van der Waals surface area (Å²) in [5, 5.41) is 15.9. The number of likely N-dealkylation sites (tertiary alicyclic amines) is 1. The van der Waals surface area contributed by atoms with Crippen LogP contribution in [0.25, 0.3) is 22.2 Å². The lowest BCUT2D eigenvalue weighted by Gasteiger charge is -2.32.